The van der Waals surface area contributed by atoms with Crippen LogP contribution in [0.5, 0.6) is 0 Å². The Morgan fingerprint density at radius 3 is 2.39 bits per heavy atom. The molecule has 1 heterocycles. The highest BCUT2D eigenvalue weighted by molar-refractivity contribution is 6.10. The number of hydrogen-bond donors (Lipinski definition) is 1. The number of nitrogens with two attached hydrogens (primary N) is 1. The van der Waals surface area contributed by atoms with Gasteiger partial charge in [0, 0.05) is 11.1 Å². The Morgan fingerprint density at radius 1 is 1.22 bits per heavy atom. The summed E-state index contributed by atoms with van der Waals surface area (Å²) in [5.41, 5.74) is 6.97. The molecule has 1 aromatic carbocycles. The zero-order valence-electron chi connectivity index (χ0n) is 10.5. The number of hydrogen-bond acceptors (Lipinski definition) is 3. The van der Waals surface area contributed by atoms with Gasteiger partial charge >= 0.3 is 0 Å². The Morgan fingerprint density at radius 2 is 1.89 bits per heavy atom. The fourth-order valence-electron chi connectivity index (χ4n) is 1.94. The lowest BCUT2D eigenvalue weighted by molar-refractivity contribution is 0.103. The summed E-state index contributed by atoms with van der Waals surface area (Å²) in [6.07, 6.45) is 0. The van der Waals surface area contributed by atoms with Crippen molar-refractivity contribution in [2.45, 2.75) is 20.8 Å². The average Bonchev–Trinajstić information content (AvgIpc) is 2.56. The minimum Gasteiger partial charge on any atom is -0.466 e. The molecule has 18 heavy (non-hydrogen) atoms. The predicted octanol–water partition coefficient (Wildman–Crippen LogP) is 3.16. The number of rotatable bonds is 2. The zero-order chi connectivity index (χ0) is 13.4. The highest BCUT2D eigenvalue weighted by Crippen LogP contribution is 2.24. The van der Waals surface area contributed by atoms with Crippen molar-refractivity contribution in [3.63, 3.8) is 0 Å². The summed E-state index contributed by atoms with van der Waals surface area (Å²) in [4.78, 5) is 12.3. The summed E-state index contributed by atoms with van der Waals surface area (Å²) in [5.74, 6) is 0.413. The van der Waals surface area contributed by atoms with Crippen LogP contribution >= 0.6 is 0 Å². The fourth-order valence-corrected chi connectivity index (χ4v) is 1.94. The first-order valence-electron chi connectivity index (χ1n) is 5.58. The van der Waals surface area contributed by atoms with Gasteiger partial charge in [0.1, 0.15) is 17.3 Å². The maximum absolute atomic E-state index is 13.4. The molecule has 0 radical (unpaired) electrons. The van der Waals surface area contributed by atoms with Crippen LogP contribution in [0.1, 0.15) is 33.0 Å². The maximum Gasteiger partial charge on any atom is 0.196 e. The largest absolute Gasteiger partial charge is 0.466 e. The monoisotopic (exact) mass is 247 g/mol. The number of anilines is 1. The molecule has 1 aromatic heterocycles. The van der Waals surface area contributed by atoms with Crippen molar-refractivity contribution in [3.05, 3.63) is 52.2 Å². The molecule has 0 aliphatic heterocycles. The lowest BCUT2D eigenvalue weighted by atomic mass is 9.99. The molecule has 0 aliphatic carbocycles. The van der Waals surface area contributed by atoms with Crippen LogP contribution < -0.4 is 5.73 Å². The number of aryl methyl sites for hydroxylation is 2. The lowest BCUT2D eigenvalue weighted by Gasteiger charge is -2.03. The number of halogens is 1. The summed E-state index contributed by atoms with van der Waals surface area (Å²) < 4.78 is 18.8. The Labute approximate surface area is 104 Å². The molecule has 0 fully saturated rings. The van der Waals surface area contributed by atoms with Crippen LogP contribution in [0.25, 0.3) is 0 Å². The van der Waals surface area contributed by atoms with E-state index in [1.807, 2.05) is 6.92 Å². The Balaban J connectivity index is 2.51. The average molecular weight is 247 g/mol. The van der Waals surface area contributed by atoms with E-state index in [0.717, 1.165) is 11.6 Å². The van der Waals surface area contributed by atoms with Crippen LogP contribution in [0, 0.1) is 26.6 Å². The second-order valence-corrected chi connectivity index (χ2v) is 4.28. The van der Waals surface area contributed by atoms with Gasteiger partial charge in [-0.3, -0.25) is 4.79 Å². The van der Waals surface area contributed by atoms with Crippen LogP contribution in [-0.4, -0.2) is 5.78 Å². The molecular formula is C14H14FNO2. The molecule has 94 valence electrons. The molecule has 0 saturated heterocycles. The predicted molar refractivity (Wildman–Crippen MR) is 67.2 cm³/mol. The van der Waals surface area contributed by atoms with E-state index in [9.17, 15) is 9.18 Å². The molecule has 2 N–H and O–H groups in total. The van der Waals surface area contributed by atoms with Gasteiger partial charge in [0.2, 0.25) is 0 Å². The van der Waals surface area contributed by atoms with E-state index in [0.29, 0.717) is 17.1 Å². The van der Waals surface area contributed by atoms with E-state index in [2.05, 4.69) is 0 Å². The minimum atomic E-state index is -0.587. The van der Waals surface area contributed by atoms with Crippen LogP contribution in [-0.2, 0) is 0 Å². The highest BCUT2D eigenvalue weighted by atomic mass is 19.1. The number of furan rings is 1. The van der Waals surface area contributed by atoms with Crippen molar-refractivity contribution in [2.24, 2.45) is 0 Å². The quantitative estimate of drug-likeness (QED) is 0.655. The molecule has 0 saturated carbocycles. The van der Waals surface area contributed by atoms with Gasteiger partial charge in [-0.1, -0.05) is 0 Å². The third-order valence-corrected chi connectivity index (χ3v) is 3.05. The first-order valence-corrected chi connectivity index (χ1v) is 5.58. The molecule has 0 aliphatic rings. The Bertz CT molecular complexity index is 629. The van der Waals surface area contributed by atoms with E-state index >= 15 is 0 Å². The van der Waals surface area contributed by atoms with Gasteiger partial charge < -0.3 is 10.2 Å². The van der Waals surface area contributed by atoms with Gasteiger partial charge in [-0.25, -0.2) is 4.39 Å². The molecule has 0 bridgehead atoms. The normalized spacial score (nSPS) is 10.7. The standard InChI is InChI=1S/C14H14FNO2/c1-7-8(2)18-9(3)13(7)14(17)10-4-5-12(16)11(15)6-10/h4-6H,16H2,1-3H3. The second-order valence-electron chi connectivity index (χ2n) is 4.28. The number of carbonyl (C=O) groups is 1. The van der Waals surface area contributed by atoms with Gasteiger partial charge in [-0.15, -0.1) is 0 Å². The summed E-state index contributed by atoms with van der Waals surface area (Å²) in [5, 5.41) is 0. The smallest absolute Gasteiger partial charge is 0.196 e. The van der Waals surface area contributed by atoms with Gasteiger partial charge in [0.25, 0.3) is 0 Å². The maximum atomic E-state index is 13.4. The Hall–Kier alpha value is -2.10. The van der Waals surface area contributed by atoms with E-state index < -0.39 is 5.82 Å². The Kier molecular flexibility index (Phi) is 2.95. The first kappa shape index (κ1) is 12.4. The number of nitrogen functional groups attached to an aromatic ring is 1. The van der Waals surface area contributed by atoms with E-state index in [-0.39, 0.29) is 17.0 Å². The molecule has 0 spiro atoms. The molecule has 2 aromatic rings. The molecule has 0 atom stereocenters. The molecule has 0 amide bonds. The molecule has 0 unspecified atom stereocenters. The third-order valence-electron chi connectivity index (χ3n) is 3.05. The van der Waals surface area contributed by atoms with Gasteiger partial charge in [-0.2, -0.15) is 0 Å². The number of benzene rings is 1. The lowest BCUT2D eigenvalue weighted by Crippen LogP contribution is -2.05. The SMILES string of the molecule is Cc1oc(C)c(C(=O)c2ccc(N)c(F)c2)c1C. The fraction of sp³-hybridized carbons (Fsp3) is 0.214. The van der Waals surface area contributed by atoms with Crippen LogP contribution in [0.4, 0.5) is 10.1 Å². The second kappa shape index (κ2) is 4.29. The summed E-state index contributed by atoms with van der Waals surface area (Å²) in [6, 6.07) is 4.06. The van der Waals surface area contributed by atoms with Crippen LogP contribution in [0.15, 0.2) is 22.6 Å². The van der Waals surface area contributed by atoms with Crippen molar-refractivity contribution in [1.82, 2.24) is 0 Å². The molecule has 3 nitrogen and oxygen atoms in total. The third kappa shape index (κ3) is 1.90. The topological polar surface area (TPSA) is 56.2 Å². The number of ketones is 1. The van der Waals surface area contributed by atoms with Gasteiger partial charge in [0.05, 0.1) is 11.3 Å². The molecular weight excluding hydrogens is 233 g/mol. The molecule has 2 rings (SSSR count). The minimum absolute atomic E-state index is 0.0309. The van der Waals surface area contributed by atoms with Gasteiger partial charge in [0.15, 0.2) is 5.78 Å². The van der Waals surface area contributed by atoms with Crippen LogP contribution in [0.3, 0.4) is 0 Å². The molecule has 4 heteroatoms. The summed E-state index contributed by atoms with van der Waals surface area (Å²) in [7, 11) is 0. The van der Waals surface area contributed by atoms with Crippen molar-refractivity contribution in [3.8, 4) is 0 Å². The van der Waals surface area contributed by atoms with Crippen LogP contribution in [0.2, 0.25) is 0 Å². The highest BCUT2D eigenvalue weighted by Gasteiger charge is 2.20. The van der Waals surface area contributed by atoms with Crippen molar-refractivity contribution in [1.29, 1.82) is 0 Å². The van der Waals surface area contributed by atoms with Crippen molar-refractivity contribution in [2.75, 3.05) is 5.73 Å². The zero-order valence-corrected chi connectivity index (χ0v) is 10.5. The first-order chi connectivity index (χ1) is 8.41. The van der Waals surface area contributed by atoms with Gasteiger partial charge in [-0.05, 0) is 39.0 Å². The van der Waals surface area contributed by atoms with E-state index in [1.165, 1.54) is 12.1 Å². The van der Waals surface area contributed by atoms with Crippen molar-refractivity contribution < 1.29 is 13.6 Å². The van der Waals surface area contributed by atoms with E-state index in [1.54, 1.807) is 13.8 Å². The van der Waals surface area contributed by atoms with E-state index in [4.69, 9.17) is 10.2 Å². The number of carbonyl (C=O) groups excluding carboxylic acids is 1. The summed E-state index contributed by atoms with van der Waals surface area (Å²) >= 11 is 0. The van der Waals surface area contributed by atoms with Crippen molar-refractivity contribution >= 4 is 11.5 Å². The summed E-state index contributed by atoms with van der Waals surface area (Å²) in [6.45, 7) is 5.33.